The van der Waals surface area contributed by atoms with Gasteiger partial charge in [-0.3, -0.25) is 0 Å². The summed E-state index contributed by atoms with van der Waals surface area (Å²) in [5, 5.41) is 13.3. The Balaban J connectivity index is 2.29. The van der Waals surface area contributed by atoms with Crippen LogP contribution in [-0.4, -0.2) is 19.7 Å². The highest BCUT2D eigenvalue weighted by molar-refractivity contribution is 6.42. The summed E-state index contributed by atoms with van der Waals surface area (Å²) in [7, 11) is 0. The average Bonchev–Trinajstić information content (AvgIpc) is 2.57. The van der Waals surface area contributed by atoms with Gasteiger partial charge >= 0.3 is 0 Å². The van der Waals surface area contributed by atoms with Gasteiger partial charge in [-0.05, 0) is 17.7 Å². The number of ether oxygens (including phenoxy) is 1. The molecule has 0 aromatic heterocycles. The molecule has 0 spiro atoms. The number of nitrogens with zero attached hydrogens (tertiary/aromatic N) is 1. The molecular formula is C12H12Cl2N2O. The third-order valence-electron chi connectivity index (χ3n) is 2.74. The second-order valence-electron chi connectivity index (χ2n) is 3.90. The maximum atomic E-state index is 9.14. The first-order valence-corrected chi connectivity index (χ1v) is 6.15. The largest absolute Gasteiger partial charge is 0.371 e. The van der Waals surface area contributed by atoms with Crippen LogP contribution in [0.25, 0.3) is 0 Å². The Labute approximate surface area is 110 Å². The van der Waals surface area contributed by atoms with Crippen molar-refractivity contribution in [1.82, 2.24) is 5.32 Å². The molecule has 90 valence electrons. The normalized spacial score (nSPS) is 25.0. The number of rotatable bonds is 1. The minimum absolute atomic E-state index is 0.213. The summed E-state index contributed by atoms with van der Waals surface area (Å²) < 4.78 is 5.70. The molecule has 2 atom stereocenters. The summed E-state index contributed by atoms with van der Waals surface area (Å²) in [4.78, 5) is 0. The van der Waals surface area contributed by atoms with Crippen molar-refractivity contribution in [1.29, 1.82) is 5.26 Å². The van der Waals surface area contributed by atoms with E-state index in [0.29, 0.717) is 23.2 Å². The fourth-order valence-corrected chi connectivity index (χ4v) is 2.18. The van der Waals surface area contributed by atoms with Crippen LogP contribution in [0.15, 0.2) is 18.2 Å². The van der Waals surface area contributed by atoms with Crippen molar-refractivity contribution in [2.75, 3.05) is 19.7 Å². The van der Waals surface area contributed by atoms with E-state index in [-0.39, 0.29) is 12.0 Å². The van der Waals surface area contributed by atoms with Crippen molar-refractivity contribution < 1.29 is 4.74 Å². The zero-order valence-electron chi connectivity index (χ0n) is 9.12. The van der Waals surface area contributed by atoms with Crippen LogP contribution in [0.1, 0.15) is 11.7 Å². The van der Waals surface area contributed by atoms with Crippen molar-refractivity contribution in [2.24, 2.45) is 5.92 Å². The van der Waals surface area contributed by atoms with Gasteiger partial charge < -0.3 is 10.1 Å². The van der Waals surface area contributed by atoms with Crippen molar-refractivity contribution in [2.45, 2.75) is 6.10 Å². The van der Waals surface area contributed by atoms with Gasteiger partial charge in [0.1, 0.15) is 0 Å². The summed E-state index contributed by atoms with van der Waals surface area (Å²) >= 11 is 11.9. The Morgan fingerprint density at radius 3 is 2.88 bits per heavy atom. The van der Waals surface area contributed by atoms with Gasteiger partial charge in [-0.1, -0.05) is 29.3 Å². The lowest BCUT2D eigenvalue weighted by molar-refractivity contribution is 0.0456. The van der Waals surface area contributed by atoms with Gasteiger partial charge in [0.15, 0.2) is 0 Å². The van der Waals surface area contributed by atoms with Crippen LogP contribution < -0.4 is 5.32 Å². The molecule has 1 aliphatic heterocycles. The minimum Gasteiger partial charge on any atom is -0.371 e. The molecule has 5 heteroatoms. The van der Waals surface area contributed by atoms with E-state index in [1.165, 1.54) is 0 Å². The van der Waals surface area contributed by atoms with Crippen LogP contribution in [0.3, 0.4) is 0 Å². The van der Waals surface area contributed by atoms with Gasteiger partial charge in [0.25, 0.3) is 0 Å². The van der Waals surface area contributed by atoms with Crippen LogP contribution in [0.5, 0.6) is 0 Å². The third kappa shape index (κ3) is 2.91. The first-order chi connectivity index (χ1) is 8.22. The summed E-state index contributed by atoms with van der Waals surface area (Å²) in [5.41, 5.74) is 0.898. The molecule has 2 rings (SSSR count). The lowest BCUT2D eigenvalue weighted by Crippen LogP contribution is -2.23. The lowest BCUT2D eigenvalue weighted by Gasteiger charge is -2.19. The number of nitriles is 1. The summed E-state index contributed by atoms with van der Waals surface area (Å²) in [6.07, 6.45) is -0.246. The second kappa shape index (κ2) is 5.70. The monoisotopic (exact) mass is 270 g/mol. The van der Waals surface area contributed by atoms with Crippen molar-refractivity contribution in [3.05, 3.63) is 33.8 Å². The van der Waals surface area contributed by atoms with Gasteiger partial charge in [0.2, 0.25) is 0 Å². The van der Waals surface area contributed by atoms with Crippen molar-refractivity contribution in [3.63, 3.8) is 0 Å². The highest BCUT2D eigenvalue weighted by atomic mass is 35.5. The first kappa shape index (κ1) is 12.7. The zero-order chi connectivity index (χ0) is 12.3. The van der Waals surface area contributed by atoms with E-state index in [0.717, 1.165) is 12.1 Å². The predicted molar refractivity (Wildman–Crippen MR) is 67.1 cm³/mol. The fraction of sp³-hybridized carbons (Fsp3) is 0.417. The Morgan fingerprint density at radius 1 is 1.35 bits per heavy atom. The van der Waals surface area contributed by atoms with Crippen LogP contribution >= 0.6 is 23.2 Å². The Bertz CT molecular complexity index is 445. The molecule has 3 nitrogen and oxygen atoms in total. The number of hydrogen-bond acceptors (Lipinski definition) is 3. The molecular weight excluding hydrogens is 259 g/mol. The molecule has 1 saturated heterocycles. The van der Waals surface area contributed by atoms with Gasteiger partial charge in [-0.2, -0.15) is 5.26 Å². The summed E-state index contributed by atoms with van der Waals surface area (Å²) in [5.74, 6) is -0.213. The van der Waals surface area contributed by atoms with Gasteiger partial charge in [-0.15, -0.1) is 0 Å². The van der Waals surface area contributed by atoms with Crippen molar-refractivity contribution in [3.8, 4) is 6.07 Å². The van der Waals surface area contributed by atoms with E-state index < -0.39 is 0 Å². The Hall–Kier alpha value is -0.790. The minimum atomic E-state index is -0.246. The fourth-order valence-electron chi connectivity index (χ4n) is 1.87. The van der Waals surface area contributed by atoms with E-state index in [1.807, 2.05) is 6.07 Å². The number of halogens is 2. The molecule has 1 aromatic rings. The van der Waals surface area contributed by atoms with Crippen LogP contribution in [-0.2, 0) is 4.74 Å². The maximum absolute atomic E-state index is 9.14. The third-order valence-corrected chi connectivity index (χ3v) is 3.48. The zero-order valence-corrected chi connectivity index (χ0v) is 10.6. The molecule has 0 radical (unpaired) electrons. The second-order valence-corrected chi connectivity index (χ2v) is 4.72. The van der Waals surface area contributed by atoms with E-state index in [2.05, 4.69) is 11.4 Å². The standard InChI is InChI=1S/C12H12Cl2N2O/c13-10-2-1-8(5-11(10)14)12-9(6-15)7-16-3-4-17-12/h1-2,5,9,12,16H,3-4,7H2/t9-,12+/m1/s1. The van der Waals surface area contributed by atoms with E-state index in [9.17, 15) is 0 Å². The molecule has 0 aliphatic carbocycles. The van der Waals surface area contributed by atoms with E-state index in [4.69, 9.17) is 33.2 Å². The number of nitrogens with one attached hydrogen (secondary N) is 1. The molecule has 1 heterocycles. The van der Waals surface area contributed by atoms with Crippen LogP contribution in [0.2, 0.25) is 10.0 Å². The number of hydrogen-bond donors (Lipinski definition) is 1. The topological polar surface area (TPSA) is 45.0 Å². The van der Waals surface area contributed by atoms with Crippen LogP contribution in [0.4, 0.5) is 0 Å². The summed E-state index contributed by atoms with van der Waals surface area (Å²) in [6.45, 7) is 1.97. The predicted octanol–water partition coefficient (Wildman–Crippen LogP) is 2.79. The highest BCUT2D eigenvalue weighted by Gasteiger charge is 2.26. The lowest BCUT2D eigenvalue weighted by atomic mass is 9.97. The van der Waals surface area contributed by atoms with Gasteiger partial charge in [-0.25, -0.2) is 0 Å². The molecule has 0 amide bonds. The SMILES string of the molecule is N#C[C@@H]1CNCCO[C@H]1c1ccc(Cl)c(Cl)c1. The van der Waals surface area contributed by atoms with E-state index >= 15 is 0 Å². The highest BCUT2D eigenvalue weighted by Crippen LogP contribution is 2.31. The van der Waals surface area contributed by atoms with Gasteiger partial charge in [0.05, 0.1) is 34.7 Å². The molecule has 1 fully saturated rings. The first-order valence-electron chi connectivity index (χ1n) is 5.39. The smallest absolute Gasteiger partial charge is 0.0996 e. The average molecular weight is 271 g/mol. The van der Waals surface area contributed by atoms with Crippen LogP contribution in [0, 0.1) is 17.2 Å². The molecule has 1 aliphatic rings. The maximum Gasteiger partial charge on any atom is 0.0996 e. The number of benzene rings is 1. The quantitative estimate of drug-likeness (QED) is 0.854. The molecule has 0 unspecified atom stereocenters. The Kier molecular flexibility index (Phi) is 4.25. The molecule has 17 heavy (non-hydrogen) atoms. The molecule has 1 aromatic carbocycles. The molecule has 0 saturated carbocycles. The van der Waals surface area contributed by atoms with E-state index in [1.54, 1.807) is 12.1 Å². The Morgan fingerprint density at radius 2 is 2.18 bits per heavy atom. The molecule has 0 bridgehead atoms. The van der Waals surface area contributed by atoms with Crippen molar-refractivity contribution >= 4 is 23.2 Å². The van der Waals surface area contributed by atoms with Gasteiger partial charge in [0, 0.05) is 13.1 Å². The summed E-state index contributed by atoms with van der Waals surface area (Å²) in [6, 6.07) is 7.62. The molecule has 1 N–H and O–H groups in total.